The van der Waals surface area contributed by atoms with E-state index in [-0.39, 0.29) is 5.91 Å². The van der Waals surface area contributed by atoms with Gasteiger partial charge in [-0.05, 0) is 25.5 Å². The number of carbonyl (C=O) groups is 1. The Bertz CT molecular complexity index is 435. The molecule has 1 atom stereocenters. The van der Waals surface area contributed by atoms with Crippen molar-refractivity contribution in [1.29, 1.82) is 0 Å². The van der Waals surface area contributed by atoms with Crippen LogP contribution in [0, 0.1) is 0 Å². The lowest BCUT2D eigenvalue weighted by Gasteiger charge is -2.16. The highest BCUT2D eigenvalue weighted by atomic mass is 16.5. The van der Waals surface area contributed by atoms with Gasteiger partial charge in [-0.15, -0.1) is 0 Å². The number of nitrogen functional groups attached to an aromatic ring is 1. The van der Waals surface area contributed by atoms with Gasteiger partial charge in [0.1, 0.15) is 11.5 Å². The zero-order valence-corrected chi connectivity index (χ0v) is 12.4. The van der Waals surface area contributed by atoms with Gasteiger partial charge in [0.2, 0.25) is 0 Å². The number of methoxy groups -OCH3 is 1. The molecule has 0 aliphatic rings. The zero-order chi connectivity index (χ0) is 15.0. The Morgan fingerprint density at radius 2 is 2.15 bits per heavy atom. The molecule has 3 N–H and O–H groups in total. The Morgan fingerprint density at radius 1 is 1.40 bits per heavy atom. The summed E-state index contributed by atoms with van der Waals surface area (Å²) in [5.74, 6) is 1.02. The van der Waals surface area contributed by atoms with Crippen molar-refractivity contribution < 1.29 is 14.3 Å². The number of benzene rings is 1. The molecule has 0 radical (unpaired) electrons. The SMILES string of the molecule is CCCCCNC(=O)C(C)Oc1ccc(OC)cc1N. The summed E-state index contributed by atoms with van der Waals surface area (Å²) in [6.07, 6.45) is 2.65. The number of anilines is 1. The molecule has 1 rings (SSSR count). The third kappa shape index (κ3) is 4.99. The molecule has 20 heavy (non-hydrogen) atoms. The summed E-state index contributed by atoms with van der Waals surface area (Å²) in [6, 6.07) is 5.12. The van der Waals surface area contributed by atoms with Crippen LogP contribution in [-0.4, -0.2) is 25.7 Å². The molecule has 5 nitrogen and oxygen atoms in total. The number of ether oxygens (including phenoxy) is 2. The van der Waals surface area contributed by atoms with Crippen LogP contribution < -0.4 is 20.5 Å². The normalized spacial score (nSPS) is 11.8. The van der Waals surface area contributed by atoms with E-state index in [1.807, 2.05) is 0 Å². The van der Waals surface area contributed by atoms with Gasteiger partial charge >= 0.3 is 0 Å². The standard InChI is InChI=1S/C15H24N2O3/c1-4-5-6-9-17-15(18)11(2)20-14-8-7-12(19-3)10-13(14)16/h7-8,10-11H,4-6,9,16H2,1-3H3,(H,17,18). The van der Waals surface area contributed by atoms with Crippen molar-refractivity contribution in [3.05, 3.63) is 18.2 Å². The van der Waals surface area contributed by atoms with Crippen molar-refractivity contribution in [2.75, 3.05) is 19.4 Å². The lowest BCUT2D eigenvalue weighted by molar-refractivity contribution is -0.127. The Hall–Kier alpha value is -1.91. The first-order chi connectivity index (χ1) is 9.58. The van der Waals surface area contributed by atoms with Crippen molar-refractivity contribution in [2.45, 2.75) is 39.2 Å². The number of hydrogen-bond acceptors (Lipinski definition) is 4. The van der Waals surface area contributed by atoms with E-state index < -0.39 is 6.10 Å². The molecule has 0 aliphatic carbocycles. The molecule has 5 heteroatoms. The number of unbranched alkanes of at least 4 members (excludes halogenated alkanes) is 2. The van der Waals surface area contributed by atoms with E-state index in [1.165, 1.54) is 0 Å². The first-order valence-corrected chi connectivity index (χ1v) is 6.96. The number of rotatable bonds is 8. The fourth-order valence-electron chi connectivity index (χ4n) is 1.74. The Labute approximate surface area is 120 Å². The monoisotopic (exact) mass is 280 g/mol. The molecule has 1 amide bonds. The van der Waals surface area contributed by atoms with Crippen LogP contribution in [0.2, 0.25) is 0 Å². The summed E-state index contributed by atoms with van der Waals surface area (Å²) < 4.78 is 10.6. The molecule has 0 fully saturated rings. The highest BCUT2D eigenvalue weighted by Crippen LogP contribution is 2.27. The maximum absolute atomic E-state index is 11.8. The van der Waals surface area contributed by atoms with E-state index in [1.54, 1.807) is 32.2 Å². The van der Waals surface area contributed by atoms with E-state index in [0.29, 0.717) is 23.7 Å². The van der Waals surface area contributed by atoms with Gasteiger partial charge < -0.3 is 20.5 Å². The summed E-state index contributed by atoms with van der Waals surface area (Å²) in [7, 11) is 1.57. The van der Waals surface area contributed by atoms with Gasteiger partial charge in [-0.25, -0.2) is 0 Å². The molecule has 0 spiro atoms. The van der Waals surface area contributed by atoms with E-state index in [2.05, 4.69) is 12.2 Å². The Kier molecular flexibility index (Phi) is 6.70. The molecule has 0 heterocycles. The number of carbonyl (C=O) groups excluding carboxylic acids is 1. The van der Waals surface area contributed by atoms with Gasteiger partial charge in [0.15, 0.2) is 6.10 Å². The molecular formula is C15H24N2O3. The lowest BCUT2D eigenvalue weighted by atomic mass is 10.2. The minimum absolute atomic E-state index is 0.128. The van der Waals surface area contributed by atoms with Crippen molar-refractivity contribution in [3.63, 3.8) is 0 Å². The van der Waals surface area contributed by atoms with E-state index in [4.69, 9.17) is 15.2 Å². The molecule has 1 aromatic rings. The molecule has 1 aromatic carbocycles. The molecule has 112 valence electrons. The Balaban J connectivity index is 2.48. The van der Waals surface area contributed by atoms with E-state index >= 15 is 0 Å². The van der Waals surface area contributed by atoms with Gasteiger partial charge in [-0.3, -0.25) is 4.79 Å². The smallest absolute Gasteiger partial charge is 0.260 e. The minimum Gasteiger partial charge on any atom is -0.497 e. The van der Waals surface area contributed by atoms with Gasteiger partial charge in [0, 0.05) is 12.6 Å². The third-order valence-corrected chi connectivity index (χ3v) is 2.97. The highest BCUT2D eigenvalue weighted by Gasteiger charge is 2.15. The summed E-state index contributed by atoms with van der Waals surface area (Å²) in [6.45, 7) is 4.51. The van der Waals surface area contributed by atoms with E-state index in [0.717, 1.165) is 19.3 Å². The first kappa shape index (κ1) is 16.1. The van der Waals surface area contributed by atoms with Gasteiger partial charge in [0.25, 0.3) is 5.91 Å². The number of hydrogen-bond donors (Lipinski definition) is 2. The molecule has 1 unspecified atom stereocenters. The summed E-state index contributed by atoms with van der Waals surface area (Å²) in [5, 5.41) is 2.85. The Morgan fingerprint density at radius 3 is 2.75 bits per heavy atom. The maximum Gasteiger partial charge on any atom is 0.260 e. The summed E-state index contributed by atoms with van der Waals surface area (Å²) in [4.78, 5) is 11.8. The number of nitrogens with two attached hydrogens (primary N) is 1. The molecule has 0 bridgehead atoms. The lowest BCUT2D eigenvalue weighted by Crippen LogP contribution is -2.36. The summed E-state index contributed by atoms with van der Waals surface area (Å²) in [5.41, 5.74) is 6.30. The second kappa shape index (κ2) is 8.30. The predicted molar refractivity (Wildman–Crippen MR) is 80.0 cm³/mol. The highest BCUT2D eigenvalue weighted by molar-refractivity contribution is 5.80. The van der Waals surface area contributed by atoms with Gasteiger partial charge in [0.05, 0.1) is 12.8 Å². The van der Waals surface area contributed by atoms with E-state index in [9.17, 15) is 4.79 Å². The third-order valence-electron chi connectivity index (χ3n) is 2.97. The minimum atomic E-state index is -0.577. The fourth-order valence-corrected chi connectivity index (χ4v) is 1.74. The second-order valence-electron chi connectivity index (χ2n) is 4.66. The van der Waals surface area contributed by atoms with Crippen LogP contribution in [0.15, 0.2) is 18.2 Å². The van der Waals surface area contributed by atoms with Gasteiger partial charge in [-0.1, -0.05) is 19.8 Å². The van der Waals surface area contributed by atoms with Crippen LogP contribution in [0.5, 0.6) is 11.5 Å². The topological polar surface area (TPSA) is 73.6 Å². The molecule has 0 aliphatic heterocycles. The number of nitrogens with one attached hydrogen (secondary N) is 1. The number of amides is 1. The average Bonchev–Trinajstić information content (AvgIpc) is 2.45. The summed E-state index contributed by atoms with van der Waals surface area (Å²) >= 11 is 0. The van der Waals surface area contributed by atoms with Gasteiger partial charge in [-0.2, -0.15) is 0 Å². The van der Waals surface area contributed by atoms with Crippen molar-refractivity contribution >= 4 is 11.6 Å². The fraction of sp³-hybridized carbons (Fsp3) is 0.533. The quantitative estimate of drug-likeness (QED) is 0.566. The zero-order valence-electron chi connectivity index (χ0n) is 12.4. The molecular weight excluding hydrogens is 256 g/mol. The maximum atomic E-state index is 11.8. The second-order valence-corrected chi connectivity index (χ2v) is 4.66. The molecule has 0 aromatic heterocycles. The van der Waals surface area contributed by atoms with Crippen LogP contribution >= 0.6 is 0 Å². The molecule has 0 saturated carbocycles. The van der Waals surface area contributed by atoms with Crippen LogP contribution in [0.25, 0.3) is 0 Å². The van der Waals surface area contributed by atoms with Crippen molar-refractivity contribution in [3.8, 4) is 11.5 Å². The average molecular weight is 280 g/mol. The predicted octanol–water partition coefficient (Wildman–Crippen LogP) is 2.35. The van der Waals surface area contributed by atoms with Crippen LogP contribution in [-0.2, 0) is 4.79 Å². The van der Waals surface area contributed by atoms with Crippen LogP contribution in [0.1, 0.15) is 33.1 Å². The van der Waals surface area contributed by atoms with Crippen LogP contribution in [0.4, 0.5) is 5.69 Å². The molecule has 0 saturated heterocycles. The van der Waals surface area contributed by atoms with Crippen molar-refractivity contribution in [2.24, 2.45) is 0 Å². The van der Waals surface area contributed by atoms with Crippen LogP contribution in [0.3, 0.4) is 0 Å². The van der Waals surface area contributed by atoms with Crippen molar-refractivity contribution in [1.82, 2.24) is 5.32 Å². The largest absolute Gasteiger partial charge is 0.497 e. The first-order valence-electron chi connectivity index (χ1n) is 6.96.